The van der Waals surface area contributed by atoms with Crippen molar-refractivity contribution in [2.75, 3.05) is 6.61 Å². The van der Waals surface area contributed by atoms with E-state index in [9.17, 15) is 14.7 Å². The number of ether oxygens (including phenoxy) is 1. The number of aromatic carboxylic acids is 1. The molecule has 3 aromatic rings. The van der Waals surface area contributed by atoms with Crippen molar-refractivity contribution in [1.29, 1.82) is 0 Å². The van der Waals surface area contributed by atoms with Gasteiger partial charge in [-0.15, -0.1) is 0 Å². The van der Waals surface area contributed by atoms with Crippen LogP contribution in [0, 0.1) is 0 Å². The summed E-state index contributed by atoms with van der Waals surface area (Å²) in [6.07, 6.45) is 2.21. The first-order chi connectivity index (χ1) is 11.5. The lowest BCUT2D eigenvalue weighted by Gasteiger charge is -2.11. The zero-order valence-electron chi connectivity index (χ0n) is 12.8. The highest BCUT2D eigenvalue weighted by Crippen LogP contribution is 2.39. The first kappa shape index (κ1) is 14.4. The predicted molar refractivity (Wildman–Crippen MR) is 86.8 cm³/mol. The first-order valence-corrected chi connectivity index (χ1v) is 7.41. The molecule has 0 amide bonds. The number of hydrogen-bond acceptors (Lipinski definition) is 4. The molecule has 1 aliphatic rings. The van der Waals surface area contributed by atoms with Gasteiger partial charge in [-0.2, -0.15) is 0 Å². The maximum absolute atomic E-state index is 12.1. The number of hydrogen-bond donors (Lipinski definition) is 3. The Hall–Kier alpha value is -3.22. The molecule has 0 atom stereocenters. The topological polar surface area (TPSA) is 105 Å². The summed E-state index contributed by atoms with van der Waals surface area (Å²) in [5.74, 6) is -1.37. The number of aromatic amines is 1. The van der Waals surface area contributed by atoms with Crippen molar-refractivity contribution in [2.45, 2.75) is 6.42 Å². The van der Waals surface area contributed by atoms with Crippen molar-refractivity contribution >= 4 is 16.9 Å². The van der Waals surface area contributed by atoms with Gasteiger partial charge in [0.1, 0.15) is 11.5 Å². The third kappa shape index (κ3) is 1.91. The Morgan fingerprint density at radius 2 is 2.17 bits per heavy atom. The third-order valence-corrected chi connectivity index (χ3v) is 4.37. The molecule has 0 spiro atoms. The molecule has 0 aliphatic carbocycles. The summed E-state index contributed by atoms with van der Waals surface area (Å²) in [6, 6.07) is 5.68. The largest absolute Gasteiger partial charge is 0.506 e. The molecule has 0 fully saturated rings. The maximum atomic E-state index is 12.1. The highest BCUT2D eigenvalue weighted by atomic mass is 16.5. The number of nitrogens with one attached hydrogen (secondary N) is 1. The molecule has 0 saturated carbocycles. The number of carboxylic acid groups (broad SMARTS) is 1. The van der Waals surface area contributed by atoms with E-state index >= 15 is 0 Å². The Morgan fingerprint density at radius 1 is 1.38 bits per heavy atom. The number of pyridine rings is 1. The minimum atomic E-state index is -1.46. The lowest BCUT2D eigenvalue weighted by atomic mass is 9.99. The van der Waals surface area contributed by atoms with Crippen LogP contribution < -0.4 is 10.3 Å². The van der Waals surface area contributed by atoms with E-state index in [4.69, 9.17) is 9.84 Å². The molecule has 1 aromatic carbocycles. The van der Waals surface area contributed by atoms with Gasteiger partial charge in [-0.3, -0.25) is 4.79 Å². The molecular weight excluding hydrogens is 312 g/mol. The fourth-order valence-corrected chi connectivity index (χ4v) is 3.18. The lowest BCUT2D eigenvalue weighted by molar-refractivity contribution is 0.0691. The molecule has 0 saturated heterocycles. The van der Waals surface area contributed by atoms with Crippen LogP contribution in [0.25, 0.3) is 22.2 Å². The van der Waals surface area contributed by atoms with Gasteiger partial charge in [0.25, 0.3) is 5.56 Å². The molecule has 24 heavy (non-hydrogen) atoms. The van der Waals surface area contributed by atoms with Crippen LogP contribution in [0.2, 0.25) is 0 Å². The zero-order valence-corrected chi connectivity index (χ0v) is 12.8. The normalized spacial score (nSPS) is 13.0. The van der Waals surface area contributed by atoms with E-state index in [0.29, 0.717) is 29.0 Å². The summed E-state index contributed by atoms with van der Waals surface area (Å²) in [6.45, 7) is 0.272. The number of rotatable bonds is 1. The summed E-state index contributed by atoms with van der Waals surface area (Å²) >= 11 is 0. The van der Waals surface area contributed by atoms with Crippen LogP contribution in [0.15, 0.2) is 29.2 Å². The molecule has 4 rings (SSSR count). The van der Waals surface area contributed by atoms with E-state index in [0.717, 1.165) is 10.9 Å². The maximum Gasteiger partial charge on any atom is 0.345 e. The Bertz CT molecular complexity index is 1060. The van der Waals surface area contributed by atoms with Gasteiger partial charge in [-0.05, 0) is 12.1 Å². The summed E-state index contributed by atoms with van der Waals surface area (Å²) in [5, 5.41) is 20.4. The van der Waals surface area contributed by atoms with Crippen LogP contribution in [0.1, 0.15) is 15.9 Å². The highest BCUT2D eigenvalue weighted by molar-refractivity contribution is 5.94. The molecule has 2 aromatic heterocycles. The van der Waals surface area contributed by atoms with Crippen LogP contribution in [0.4, 0.5) is 0 Å². The van der Waals surface area contributed by atoms with Crippen molar-refractivity contribution < 1.29 is 19.7 Å². The number of fused-ring (bicyclic) bond motifs is 4. The second-order valence-electron chi connectivity index (χ2n) is 5.77. The Morgan fingerprint density at radius 3 is 2.92 bits per heavy atom. The summed E-state index contributed by atoms with van der Waals surface area (Å²) in [4.78, 5) is 25.9. The summed E-state index contributed by atoms with van der Waals surface area (Å²) < 4.78 is 7.72. The fraction of sp³-hybridized carbons (Fsp3) is 0.176. The van der Waals surface area contributed by atoms with Gasteiger partial charge in [0, 0.05) is 42.2 Å². The minimum Gasteiger partial charge on any atom is -0.506 e. The quantitative estimate of drug-likeness (QED) is 0.633. The van der Waals surface area contributed by atoms with E-state index in [1.165, 1.54) is 0 Å². The average molecular weight is 326 g/mol. The molecule has 3 heterocycles. The number of nitrogens with zero attached hydrogens (tertiary/aromatic N) is 1. The fourth-order valence-electron chi connectivity index (χ4n) is 3.18. The number of aromatic nitrogens is 2. The lowest BCUT2D eigenvalue weighted by Crippen LogP contribution is -2.20. The van der Waals surface area contributed by atoms with Gasteiger partial charge in [-0.1, -0.05) is 0 Å². The summed E-state index contributed by atoms with van der Waals surface area (Å²) in [5.41, 5.74) is 0.913. The van der Waals surface area contributed by atoms with E-state index in [2.05, 4.69) is 4.98 Å². The second kappa shape index (κ2) is 4.89. The van der Waals surface area contributed by atoms with E-state index in [-0.39, 0.29) is 6.61 Å². The number of aromatic hydroxyl groups is 1. The number of benzene rings is 1. The van der Waals surface area contributed by atoms with Crippen LogP contribution >= 0.6 is 0 Å². The third-order valence-electron chi connectivity index (χ3n) is 4.37. The zero-order chi connectivity index (χ0) is 17.0. The number of carbonyl (C=O) groups is 1. The average Bonchev–Trinajstić information content (AvgIpc) is 2.78. The van der Waals surface area contributed by atoms with Gasteiger partial charge < -0.3 is 24.5 Å². The molecule has 3 N–H and O–H groups in total. The molecular formula is C17H14N2O5. The molecule has 1 aliphatic heterocycles. The molecule has 7 nitrogen and oxygen atoms in total. The van der Waals surface area contributed by atoms with Crippen LogP contribution in [0.5, 0.6) is 11.5 Å². The van der Waals surface area contributed by atoms with E-state index in [1.807, 2.05) is 36.0 Å². The standard InChI is InChI=1S/C17H14N2O5/c1-19-4-2-8-6-10-12(7-11(8)19)24-5-3-9-14(10)18-16(21)13(15(9)20)17(22)23/h2,4,6-7H,3,5H2,1H3,(H,22,23)(H2,18,20,21). The van der Waals surface area contributed by atoms with Gasteiger partial charge in [0.05, 0.1) is 17.8 Å². The van der Waals surface area contributed by atoms with Gasteiger partial charge in [-0.25, -0.2) is 4.79 Å². The Labute approximate surface area is 135 Å². The van der Waals surface area contributed by atoms with Crippen LogP contribution in [-0.4, -0.2) is 32.3 Å². The Kier molecular flexibility index (Phi) is 2.93. The SMILES string of the molecule is Cn1ccc2cc3c(cc21)OCCc1c-3[nH]c(=O)c(C(=O)O)c1O. The predicted octanol–water partition coefficient (Wildman–Crippen LogP) is 1.87. The van der Waals surface area contributed by atoms with Gasteiger partial charge in [0.2, 0.25) is 0 Å². The molecule has 7 heteroatoms. The van der Waals surface area contributed by atoms with Crippen LogP contribution in [0.3, 0.4) is 0 Å². The minimum absolute atomic E-state index is 0.272. The number of H-pyrrole nitrogens is 1. The van der Waals surface area contributed by atoms with Crippen molar-refractivity contribution in [2.24, 2.45) is 7.05 Å². The monoisotopic (exact) mass is 326 g/mol. The highest BCUT2D eigenvalue weighted by Gasteiger charge is 2.26. The molecule has 0 unspecified atom stereocenters. The Balaban J connectivity index is 2.07. The molecule has 0 radical (unpaired) electrons. The number of aryl methyl sites for hydroxylation is 1. The summed E-state index contributed by atoms with van der Waals surface area (Å²) in [7, 11) is 1.92. The van der Waals surface area contributed by atoms with Crippen molar-refractivity contribution in [3.05, 3.63) is 45.9 Å². The van der Waals surface area contributed by atoms with E-state index in [1.54, 1.807) is 0 Å². The van der Waals surface area contributed by atoms with Crippen molar-refractivity contribution in [3.63, 3.8) is 0 Å². The molecule has 122 valence electrons. The van der Waals surface area contributed by atoms with Crippen molar-refractivity contribution in [3.8, 4) is 22.8 Å². The second-order valence-corrected chi connectivity index (χ2v) is 5.77. The van der Waals surface area contributed by atoms with Crippen LogP contribution in [-0.2, 0) is 13.5 Å². The van der Waals surface area contributed by atoms with Gasteiger partial charge in [0.15, 0.2) is 5.56 Å². The first-order valence-electron chi connectivity index (χ1n) is 7.41. The number of carboxylic acids is 1. The van der Waals surface area contributed by atoms with Gasteiger partial charge >= 0.3 is 5.97 Å². The smallest absolute Gasteiger partial charge is 0.345 e. The van der Waals surface area contributed by atoms with E-state index < -0.39 is 22.8 Å². The van der Waals surface area contributed by atoms with Crippen molar-refractivity contribution in [1.82, 2.24) is 9.55 Å². The molecule has 0 bridgehead atoms.